The Bertz CT molecular complexity index is 7330. The van der Waals surface area contributed by atoms with Crippen LogP contribution in [-0.2, 0) is 0 Å². The number of hydrogen-bond acceptors (Lipinski definition) is 4. The summed E-state index contributed by atoms with van der Waals surface area (Å²) in [7, 11) is 0. The maximum Gasteiger partial charge on any atom is 0.137 e. The Kier molecular flexibility index (Phi) is 21.1. The molecule has 22 aromatic rings. The van der Waals surface area contributed by atoms with Crippen molar-refractivity contribution in [1.29, 1.82) is 0 Å². The summed E-state index contributed by atoms with van der Waals surface area (Å²) < 4.78 is 20.8. The van der Waals surface area contributed by atoms with Gasteiger partial charge < -0.3 is 19.1 Å². The van der Waals surface area contributed by atoms with Gasteiger partial charge in [-0.3, -0.25) is 0 Å². The van der Waals surface area contributed by atoms with E-state index in [1.807, 2.05) is 48.5 Å². The minimum absolute atomic E-state index is 0.226. The average molecular weight is 1580 g/mol. The molecule has 0 radical (unpaired) electrons. The van der Waals surface area contributed by atoms with Crippen molar-refractivity contribution in [2.45, 2.75) is 0 Å². The molecule has 1 aromatic heterocycles. The van der Waals surface area contributed by atoms with E-state index in [-0.39, 0.29) is 5.82 Å². The van der Waals surface area contributed by atoms with Crippen LogP contribution in [0.25, 0.3) is 143 Å². The molecule has 0 aliphatic carbocycles. The van der Waals surface area contributed by atoms with E-state index in [0.29, 0.717) is 0 Å². The molecule has 4 nitrogen and oxygen atoms in total. The van der Waals surface area contributed by atoms with Crippen LogP contribution in [0.4, 0.5) is 55.6 Å². The Balaban J connectivity index is 0.000000117. The Morgan fingerprint density at radius 3 is 0.935 bits per heavy atom. The van der Waals surface area contributed by atoms with Crippen LogP contribution in [0, 0.1) is 5.82 Å². The van der Waals surface area contributed by atoms with Crippen LogP contribution in [0.3, 0.4) is 0 Å². The number of para-hydroxylation sites is 6. The van der Waals surface area contributed by atoms with E-state index < -0.39 is 0 Å². The number of nitrogens with zero attached hydrogens (tertiary/aromatic N) is 3. The number of benzene rings is 21. The lowest BCUT2D eigenvalue weighted by atomic mass is 9.90. The molecular weight excluding hydrogens is 1490 g/mol. The van der Waals surface area contributed by atoms with Crippen molar-refractivity contribution in [1.82, 2.24) is 0 Å². The van der Waals surface area contributed by atoms with Crippen LogP contribution in [0.15, 0.2) is 502 Å². The number of fused-ring (bicyclic) bond motifs is 7. The van der Waals surface area contributed by atoms with Crippen LogP contribution < -0.4 is 14.7 Å². The molecule has 5 heteroatoms. The van der Waals surface area contributed by atoms with Crippen molar-refractivity contribution < 1.29 is 8.81 Å². The summed E-state index contributed by atoms with van der Waals surface area (Å²) in [5.41, 5.74) is 28.2. The second kappa shape index (κ2) is 34.4. The molecule has 0 aliphatic heterocycles. The molecule has 0 saturated carbocycles. The van der Waals surface area contributed by atoms with Gasteiger partial charge >= 0.3 is 0 Å². The van der Waals surface area contributed by atoms with Crippen molar-refractivity contribution in [3.8, 4) is 77.9 Å². The second-order valence-corrected chi connectivity index (χ2v) is 30.8. The highest BCUT2D eigenvalue weighted by atomic mass is 19.1. The molecule has 0 aliphatic rings. The Hall–Kier alpha value is -16.2. The number of halogens is 1. The van der Waals surface area contributed by atoms with E-state index in [9.17, 15) is 4.39 Å². The molecule has 0 saturated heterocycles. The smallest absolute Gasteiger partial charge is 0.137 e. The standard InChI is InChI=1S/C40H28FN.C40H27NO.C38H27N/c41-35-22-25-39-34(27-35)26-33(28-40(39)32-10-4-1-5-11-32)31-18-16-29(17-19-31)30-20-23-38(24-21-30)42(36-12-6-2-7-13-36)37-14-8-3-9-15-37;1-4-12-28(13-5-1)38-25-31(24-30-14-10-11-19-35(30)38)29-20-22-36-37-23-21-34(27-40(37)42-39(36)26-29)41(32-15-6-2-7-16-32)33-17-8-3-9-18-33;1-4-14-28(15-5-1)37-27-30(26-29-16-10-11-21-33(29)37)34-24-25-38(36-23-13-12-22-35(34)36)39(31-17-6-2-7-18-31)32-19-8-3-9-20-32/h1-28H;1-27H;1-27H. The first-order valence-electron chi connectivity index (χ1n) is 41.8. The molecule has 0 fully saturated rings. The lowest BCUT2D eigenvalue weighted by molar-refractivity contribution is 0.630. The van der Waals surface area contributed by atoms with Gasteiger partial charge in [0.1, 0.15) is 17.0 Å². The van der Waals surface area contributed by atoms with E-state index in [2.05, 4.69) is 451 Å². The number of rotatable bonds is 16. The fourth-order valence-corrected chi connectivity index (χ4v) is 17.3. The fraction of sp³-hybridized carbons (Fsp3) is 0. The first-order valence-corrected chi connectivity index (χ1v) is 41.8. The lowest BCUT2D eigenvalue weighted by Gasteiger charge is -2.27. The topological polar surface area (TPSA) is 22.9 Å². The van der Waals surface area contributed by atoms with Crippen molar-refractivity contribution in [2.75, 3.05) is 14.7 Å². The maximum atomic E-state index is 14.2. The molecule has 0 bridgehead atoms. The molecule has 22 rings (SSSR count). The Labute approximate surface area is 716 Å². The lowest BCUT2D eigenvalue weighted by Crippen LogP contribution is -2.10. The molecule has 582 valence electrons. The largest absolute Gasteiger partial charge is 0.456 e. The van der Waals surface area contributed by atoms with E-state index in [1.165, 1.54) is 77.3 Å². The van der Waals surface area contributed by atoms with E-state index >= 15 is 0 Å². The summed E-state index contributed by atoms with van der Waals surface area (Å²) in [4.78, 5) is 6.87. The number of furan rings is 1. The minimum atomic E-state index is -0.226. The zero-order valence-electron chi connectivity index (χ0n) is 67.5. The van der Waals surface area contributed by atoms with Crippen LogP contribution in [0.5, 0.6) is 0 Å². The van der Waals surface area contributed by atoms with E-state index in [4.69, 9.17) is 4.42 Å². The van der Waals surface area contributed by atoms with Gasteiger partial charge in [-0.15, -0.1) is 0 Å². The third-order valence-electron chi connectivity index (χ3n) is 23.2. The van der Waals surface area contributed by atoms with E-state index in [0.717, 1.165) is 123 Å². The van der Waals surface area contributed by atoms with E-state index in [1.54, 1.807) is 6.07 Å². The van der Waals surface area contributed by atoms with Gasteiger partial charge in [0.05, 0.1) is 5.69 Å². The summed E-state index contributed by atoms with van der Waals surface area (Å²) in [6, 6.07) is 174. The molecule has 0 N–H and O–H groups in total. The van der Waals surface area contributed by atoms with Gasteiger partial charge in [-0.1, -0.05) is 328 Å². The zero-order chi connectivity index (χ0) is 82.2. The van der Waals surface area contributed by atoms with Gasteiger partial charge in [0.25, 0.3) is 0 Å². The average Bonchev–Trinajstić information content (AvgIpc) is 1.73. The van der Waals surface area contributed by atoms with Gasteiger partial charge in [0.2, 0.25) is 0 Å². The van der Waals surface area contributed by atoms with Crippen molar-refractivity contribution >= 4 is 116 Å². The summed E-state index contributed by atoms with van der Waals surface area (Å²) >= 11 is 0. The SMILES string of the molecule is Fc1ccc2c(-c3ccccc3)cc(-c3ccc(-c4ccc(N(c5ccccc5)c5ccccc5)cc4)cc3)cc2c1.c1ccc(-c2cc(-c3ccc(N(c4ccccc4)c4ccccc4)c4ccccc34)cc3ccccc23)cc1.c1ccc(-c2cc(-c3ccc4c(c3)oc3cc(N(c5ccccc5)c5ccccc5)ccc34)cc3ccccc23)cc1. The normalized spacial score (nSPS) is 11.1. The highest BCUT2D eigenvalue weighted by Crippen LogP contribution is 2.47. The summed E-state index contributed by atoms with van der Waals surface area (Å²) in [5, 5.41) is 11.6. The van der Waals surface area contributed by atoms with Crippen LogP contribution >= 0.6 is 0 Å². The minimum Gasteiger partial charge on any atom is -0.456 e. The molecule has 0 spiro atoms. The summed E-state index contributed by atoms with van der Waals surface area (Å²) in [6.45, 7) is 0. The number of hydrogen-bond donors (Lipinski definition) is 0. The van der Waals surface area contributed by atoms with Crippen molar-refractivity contribution in [3.63, 3.8) is 0 Å². The van der Waals surface area contributed by atoms with Gasteiger partial charge in [-0.05, 0) is 279 Å². The molecule has 21 aromatic carbocycles. The van der Waals surface area contributed by atoms with Crippen LogP contribution in [0.1, 0.15) is 0 Å². The van der Waals surface area contributed by atoms with Crippen LogP contribution in [-0.4, -0.2) is 0 Å². The molecule has 1 heterocycles. The molecule has 0 atom stereocenters. The highest BCUT2D eigenvalue weighted by Gasteiger charge is 2.22. The third-order valence-corrected chi connectivity index (χ3v) is 23.2. The molecular formula is C118H82FN3O. The summed E-state index contributed by atoms with van der Waals surface area (Å²) in [6.07, 6.45) is 0. The van der Waals surface area contributed by atoms with Crippen molar-refractivity contribution in [2.24, 2.45) is 0 Å². The van der Waals surface area contributed by atoms with Crippen LogP contribution in [0.2, 0.25) is 0 Å². The zero-order valence-corrected chi connectivity index (χ0v) is 67.5. The predicted molar refractivity (Wildman–Crippen MR) is 519 cm³/mol. The molecule has 123 heavy (non-hydrogen) atoms. The number of anilines is 9. The predicted octanol–water partition coefficient (Wildman–Crippen LogP) is 33.8. The molecule has 0 unspecified atom stereocenters. The fourth-order valence-electron chi connectivity index (χ4n) is 17.3. The third kappa shape index (κ3) is 15.8. The van der Waals surface area contributed by atoms with Gasteiger partial charge in [0, 0.05) is 67.7 Å². The van der Waals surface area contributed by atoms with Gasteiger partial charge in [0.15, 0.2) is 0 Å². The van der Waals surface area contributed by atoms with Gasteiger partial charge in [-0.2, -0.15) is 0 Å². The maximum absolute atomic E-state index is 14.2. The highest BCUT2D eigenvalue weighted by molar-refractivity contribution is 6.11. The Morgan fingerprint density at radius 1 is 0.154 bits per heavy atom. The summed E-state index contributed by atoms with van der Waals surface area (Å²) in [5.74, 6) is -0.226. The monoisotopic (exact) mass is 1580 g/mol. The molecule has 0 amide bonds. The first-order chi connectivity index (χ1) is 60.9. The Morgan fingerprint density at radius 2 is 0.463 bits per heavy atom. The van der Waals surface area contributed by atoms with Gasteiger partial charge in [-0.25, -0.2) is 4.39 Å². The van der Waals surface area contributed by atoms with Crippen molar-refractivity contribution in [3.05, 3.63) is 503 Å². The second-order valence-electron chi connectivity index (χ2n) is 30.8. The quantitative estimate of drug-likeness (QED) is 0.0962. The first kappa shape index (κ1) is 75.5.